The van der Waals surface area contributed by atoms with Crippen LogP contribution in [0, 0.1) is 0 Å². The van der Waals surface area contributed by atoms with Crippen molar-refractivity contribution in [1.82, 2.24) is 9.21 Å². The fourth-order valence-electron chi connectivity index (χ4n) is 3.50. The van der Waals surface area contributed by atoms with Gasteiger partial charge in [-0.25, -0.2) is 8.42 Å². The SMILES string of the molecule is COc1ccc(S(=O)(=O)N2CCCCC2CN2CCOCC2)cc1Cl. The normalized spacial score (nSPS) is 23.5. The zero-order valence-corrected chi connectivity index (χ0v) is 16.1. The molecule has 0 N–H and O–H groups in total. The van der Waals surface area contributed by atoms with Crippen LogP contribution in [0.25, 0.3) is 0 Å². The summed E-state index contributed by atoms with van der Waals surface area (Å²) in [5.74, 6) is 0.476. The lowest BCUT2D eigenvalue weighted by Crippen LogP contribution is -2.51. The first-order chi connectivity index (χ1) is 12.0. The summed E-state index contributed by atoms with van der Waals surface area (Å²) < 4.78 is 38.5. The molecule has 3 rings (SSSR count). The topological polar surface area (TPSA) is 59.1 Å². The Kier molecular flexibility index (Phi) is 6.22. The van der Waals surface area contributed by atoms with Crippen LogP contribution in [0.15, 0.2) is 23.1 Å². The van der Waals surface area contributed by atoms with E-state index in [4.69, 9.17) is 21.1 Å². The third-order valence-electron chi connectivity index (χ3n) is 4.88. The molecule has 0 saturated carbocycles. The Balaban J connectivity index is 1.81. The zero-order chi connectivity index (χ0) is 17.9. The minimum Gasteiger partial charge on any atom is -0.495 e. The van der Waals surface area contributed by atoms with Gasteiger partial charge in [0.1, 0.15) is 5.75 Å². The van der Waals surface area contributed by atoms with Crippen LogP contribution in [0.2, 0.25) is 5.02 Å². The van der Waals surface area contributed by atoms with E-state index >= 15 is 0 Å². The summed E-state index contributed by atoms with van der Waals surface area (Å²) in [6, 6.07) is 4.66. The average molecular weight is 389 g/mol. The van der Waals surface area contributed by atoms with Crippen molar-refractivity contribution in [2.45, 2.75) is 30.2 Å². The molecular formula is C17H25ClN2O4S. The highest BCUT2D eigenvalue weighted by molar-refractivity contribution is 7.89. The molecule has 2 heterocycles. The highest BCUT2D eigenvalue weighted by Gasteiger charge is 2.35. The first kappa shape index (κ1) is 18.9. The van der Waals surface area contributed by atoms with Gasteiger partial charge in [-0.2, -0.15) is 4.31 Å². The number of methoxy groups -OCH3 is 1. The van der Waals surface area contributed by atoms with E-state index in [-0.39, 0.29) is 10.9 Å². The minimum atomic E-state index is -3.57. The molecule has 0 amide bonds. The number of rotatable bonds is 5. The van der Waals surface area contributed by atoms with Gasteiger partial charge in [-0.3, -0.25) is 4.90 Å². The number of hydrogen-bond donors (Lipinski definition) is 0. The number of piperidine rings is 1. The minimum absolute atomic E-state index is 0.00210. The monoisotopic (exact) mass is 388 g/mol. The van der Waals surface area contributed by atoms with Crippen molar-refractivity contribution in [3.8, 4) is 5.75 Å². The quantitative estimate of drug-likeness (QED) is 0.774. The Bertz CT molecular complexity index is 692. The molecule has 0 spiro atoms. The van der Waals surface area contributed by atoms with Crippen LogP contribution < -0.4 is 4.74 Å². The van der Waals surface area contributed by atoms with Gasteiger partial charge in [0.2, 0.25) is 10.0 Å². The van der Waals surface area contributed by atoms with Crippen molar-refractivity contribution in [2.24, 2.45) is 0 Å². The van der Waals surface area contributed by atoms with E-state index in [1.54, 1.807) is 16.4 Å². The summed E-state index contributed by atoms with van der Waals surface area (Å²) in [4.78, 5) is 2.52. The lowest BCUT2D eigenvalue weighted by atomic mass is 10.0. The van der Waals surface area contributed by atoms with E-state index in [0.29, 0.717) is 30.5 Å². The van der Waals surface area contributed by atoms with Crippen LogP contribution in [-0.4, -0.2) is 70.2 Å². The molecule has 1 aromatic carbocycles. The molecule has 1 aromatic rings. The summed E-state index contributed by atoms with van der Waals surface area (Å²) >= 11 is 6.14. The summed E-state index contributed by atoms with van der Waals surface area (Å²) in [5, 5.41) is 0.310. The Hall–Kier alpha value is -0.860. The highest BCUT2D eigenvalue weighted by Crippen LogP contribution is 2.31. The number of halogens is 1. The molecule has 2 aliphatic heterocycles. The number of morpholine rings is 1. The van der Waals surface area contributed by atoms with Crippen LogP contribution in [0.5, 0.6) is 5.75 Å². The van der Waals surface area contributed by atoms with Crippen molar-refractivity contribution >= 4 is 21.6 Å². The molecule has 8 heteroatoms. The summed E-state index contributed by atoms with van der Waals surface area (Å²) in [7, 11) is -2.06. The largest absolute Gasteiger partial charge is 0.495 e. The first-order valence-corrected chi connectivity index (χ1v) is 10.5. The van der Waals surface area contributed by atoms with E-state index in [1.165, 1.54) is 13.2 Å². The van der Waals surface area contributed by atoms with Gasteiger partial charge in [0, 0.05) is 32.2 Å². The van der Waals surface area contributed by atoms with E-state index in [9.17, 15) is 8.42 Å². The molecular weight excluding hydrogens is 364 g/mol. The molecule has 1 atom stereocenters. The molecule has 0 bridgehead atoms. The van der Waals surface area contributed by atoms with Crippen molar-refractivity contribution in [3.63, 3.8) is 0 Å². The molecule has 2 saturated heterocycles. The van der Waals surface area contributed by atoms with Gasteiger partial charge in [-0.1, -0.05) is 18.0 Å². The fraction of sp³-hybridized carbons (Fsp3) is 0.647. The lowest BCUT2D eigenvalue weighted by molar-refractivity contribution is 0.0263. The zero-order valence-electron chi connectivity index (χ0n) is 14.5. The van der Waals surface area contributed by atoms with Crippen molar-refractivity contribution in [2.75, 3.05) is 46.5 Å². The Morgan fingerprint density at radius 2 is 2.00 bits per heavy atom. The molecule has 2 fully saturated rings. The molecule has 0 aromatic heterocycles. The van der Waals surface area contributed by atoms with Gasteiger partial charge in [0.25, 0.3) is 0 Å². The van der Waals surface area contributed by atoms with E-state index in [1.807, 2.05) is 0 Å². The third kappa shape index (κ3) is 4.28. The van der Waals surface area contributed by atoms with Gasteiger partial charge in [0.15, 0.2) is 0 Å². The van der Waals surface area contributed by atoms with Gasteiger partial charge in [-0.05, 0) is 31.0 Å². The predicted octanol–water partition coefficient (Wildman–Crippen LogP) is 2.22. The predicted molar refractivity (Wildman–Crippen MR) is 96.8 cm³/mol. The second-order valence-electron chi connectivity index (χ2n) is 6.47. The van der Waals surface area contributed by atoms with Crippen molar-refractivity contribution in [1.29, 1.82) is 0 Å². The second kappa shape index (κ2) is 8.22. The Labute approximate surface area is 154 Å². The number of ether oxygens (including phenoxy) is 2. The molecule has 140 valence electrons. The second-order valence-corrected chi connectivity index (χ2v) is 8.77. The first-order valence-electron chi connectivity index (χ1n) is 8.68. The van der Waals surface area contributed by atoms with Gasteiger partial charge in [-0.15, -0.1) is 0 Å². The molecule has 25 heavy (non-hydrogen) atoms. The van der Waals surface area contributed by atoms with Gasteiger partial charge >= 0.3 is 0 Å². The fourth-order valence-corrected chi connectivity index (χ4v) is 5.53. The average Bonchev–Trinajstić information content (AvgIpc) is 2.63. The highest BCUT2D eigenvalue weighted by atomic mass is 35.5. The van der Waals surface area contributed by atoms with E-state index < -0.39 is 10.0 Å². The molecule has 1 unspecified atom stereocenters. The summed E-state index contributed by atoms with van der Waals surface area (Å²) in [5.41, 5.74) is 0. The Morgan fingerprint density at radius 3 is 2.68 bits per heavy atom. The maximum Gasteiger partial charge on any atom is 0.243 e. The van der Waals surface area contributed by atoms with Crippen LogP contribution in [0.4, 0.5) is 0 Å². The summed E-state index contributed by atoms with van der Waals surface area (Å²) in [6.45, 7) is 4.46. The number of nitrogens with zero attached hydrogens (tertiary/aromatic N) is 2. The number of sulfonamides is 1. The maximum atomic E-state index is 13.2. The summed E-state index contributed by atoms with van der Waals surface area (Å²) in [6.07, 6.45) is 2.84. The van der Waals surface area contributed by atoms with Crippen LogP contribution in [0.3, 0.4) is 0 Å². The van der Waals surface area contributed by atoms with Crippen LogP contribution in [-0.2, 0) is 14.8 Å². The standard InChI is InChI=1S/C17H25ClN2O4S/c1-23-17-6-5-15(12-16(17)18)25(21,22)20-7-3-2-4-14(20)13-19-8-10-24-11-9-19/h5-6,12,14H,2-4,7-11,13H2,1H3. The van der Waals surface area contributed by atoms with Crippen LogP contribution in [0.1, 0.15) is 19.3 Å². The molecule has 6 nitrogen and oxygen atoms in total. The molecule has 0 radical (unpaired) electrons. The van der Waals surface area contributed by atoms with Crippen molar-refractivity contribution in [3.05, 3.63) is 23.2 Å². The Morgan fingerprint density at radius 1 is 1.24 bits per heavy atom. The number of benzene rings is 1. The molecule has 0 aliphatic carbocycles. The number of hydrogen-bond acceptors (Lipinski definition) is 5. The maximum absolute atomic E-state index is 13.2. The van der Waals surface area contributed by atoms with E-state index in [2.05, 4.69) is 4.90 Å². The van der Waals surface area contributed by atoms with Crippen LogP contribution >= 0.6 is 11.6 Å². The smallest absolute Gasteiger partial charge is 0.243 e. The van der Waals surface area contributed by atoms with E-state index in [0.717, 1.165) is 38.9 Å². The lowest BCUT2D eigenvalue weighted by Gasteiger charge is -2.38. The van der Waals surface area contributed by atoms with Crippen molar-refractivity contribution < 1.29 is 17.9 Å². The van der Waals surface area contributed by atoms with Gasteiger partial charge < -0.3 is 9.47 Å². The van der Waals surface area contributed by atoms with Gasteiger partial charge in [0.05, 0.1) is 30.2 Å². The third-order valence-corrected chi connectivity index (χ3v) is 7.12. The molecule has 2 aliphatic rings.